The quantitative estimate of drug-likeness (QED) is 0.185. The summed E-state index contributed by atoms with van der Waals surface area (Å²) < 4.78 is 19.3. The summed E-state index contributed by atoms with van der Waals surface area (Å²) >= 11 is 0. The van der Waals surface area contributed by atoms with Gasteiger partial charge in [0.25, 0.3) is 0 Å². The minimum Gasteiger partial charge on any atom is -0.465 e. The van der Waals surface area contributed by atoms with Crippen LogP contribution in [0.3, 0.4) is 0 Å². The van der Waals surface area contributed by atoms with Crippen LogP contribution >= 0.6 is 0 Å². The van der Waals surface area contributed by atoms with E-state index in [2.05, 4.69) is 29.4 Å². The van der Waals surface area contributed by atoms with Crippen molar-refractivity contribution >= 4 is 29.7 Å². The van der Waals surface area contributed by atoms with E-state index < -0.39 is 0 Å². The topological polar surface area (TPSA) is 175 Å². The summed E-state index contributed by atoms with van der Waals surface area (Å²) in [5.41, 5.74) is 17.1. The van der Waals surface area contributed by atoms with Crippen LogP contribution in [0.1, 0.15) is 38.5 Å². The van der Waals surface area contributed by atoms with Gasteiger partial charge in [-0.1, -0.05) is 30.3 Å². The summed E-state index contributed by atoms with van der Waals surface area (Å²) in [7, 11) is 5.98. The number of nitrogens with zero attached hydrogens (tertiary/aromatic N) is 4. The van der Waals surface area contributed by atoms with Crippen molar-refractivity contribution in [1.29, 1.82) is 0 Å². The molecule has 0 aliphatic carbocycles. The van der Waals surface area contributed by atoms with Crippen molar-refractivity contribution in [3.05, 3.63) is 89.5 Å². The van der Waals surface area contributed by atoms with Gasteiger partial charge in [0.1, 0.15) is 23.0 Å². The number of nitrogens with two attached hydrogens (primary N) is 2. The third-order valence-electron chi connectivity index (χ3n) is 6.16. The molecule has 0 saturated carbocycles. The van der Waals surface area contributed by atoms with Crippen molar-refractivity contribution in [3.8, 4) is 22.5 Å². The molecule has 4 rings (SSSR count). The normalized spacial score (nSPS) is 10.6. The Balaban J connectivity index is 0.000000240. The average Bonchev–Trinajstić information content (AvgIpc) is 3.06. The van der Waals surface area contributed by atoms with Gasteiger partial charge in [0.05, 0.1) is 55.7 Å². The van der Waals surface area contributed by atoms with Crippen LogP contribution < -0.4 is 11.5 Å². The zero-order valence-electron chi connectivity index (χ0n) is 25.1. The number of hydrogen-bond donors (Lipinski definition) is 2. The molecule has 0 saturated heterocycles. The smallest absolute Gasteiger partial charge is 0.337 e. The van der Waals surface area contributed by atoms with E-state index in [9.17, 15) is 9.59 Å². The van der Waals surface area contributed by atoms with Crippen LogP contribution in [-0.2, 0) is 25.4 Å². The number of benzene rings is 2. The van der Waals surface area contributed by atoms with Gasteiger partial charge in [-0.25, -0.2) is 29.5 Å². The van der Waals surface area contributed by atoms with Crippen LogP contribution in [0.5, 0.6) is 0 Å². The van der Waals surface area contributed by atoms with Crippen LogP contribution in [0.2, 0.25) is 0 Å². The fraction of sp³-hybridized carbons (Fsp3) is 0.250. The summed E-state index contributed by atoms with van der Waals surface area (Å²) in [4.78, 5) is 40.2. The van der Waals surface area contributed by atoms with Crippen molar-refractivity contribution in [2.75, 3.05) is 53.1 Å². The number of hydrogen-bond acceptors (Lipinski definition) is 12. The first kappa shape index (κ1) is 33.3. The highest BCUT2D eigenvalue weighted by Gasteiger charge is 2.11. The van der Waals surface area contributed by atoms with Gasteiger partial charge in [-0.3, -0.25) is 0 Å². The zero-order valence-corrected chi connectivity index (χ0v) is 25.1. The van der Waals surface area contributed by atoms with Crippen LogP contribution in [-0.4, -0.2) is 73.5 Å². The molecule has 0 spiro atoms. The Labute approximate surface area is 256 Å². The van der Waals surface area contributed by atoms with Crippen LogP contribution in [0.4, 0.5) is 11.6 Å². The number of esters is 2. The van der Waals surface area contributed by atoms with E-state index in [4.69, 9.17) is 20.9 Å². The second-order valence-corrected chi connectivity index (χ2v) is 9.22. The molecule has 0 aliphatic heterocycles. The van der Waals surface area contributed by atoms with Crippen molar-refractivity contribution in [2.24, 2.45) is 0 Å². The number of ether oxygens (including phenoxy) is 4. The van der Waals surface area contributed by atoms with Crippen LogP contribution in [0.15, 0.2) is 67.0 Å². The van der Waals surface area contributed by atoms with Crippen molar-refractivity contribution in [1.82, 2.24) is 19.9 Å². The highest BCUT2D eigenvalue weighted by Crippen LogP contribution is 2.24. The first-order valence-corrected chi connectivity index (χ1v) is 13.6. The number of aromatic nitrogens is 4. The molecule has 2 heterocycles. The van der Waals surface area contributed by atoms with Crippen molar-refractivity contribution in [3.63, 3.8) is 0 Å². The first-order valence-electron chi connectivity index (χ1n) is 13.6. The summed E-state index contributed by atoms with van der Waals surface area (Å²) in [5, 5.41) is 0. The predicted octanol–water partition coefficient (Wildman–Crippen LogP) is 4.26. The molecule has 4 aromatic rings. The number of carbonyl (C=O) groups excluding carboxylic acids is 2. The SMILES string of the molecule is COC/C=C/c1cnc(N)c(-c2ccc(C(=O)OC)cc2)n1.COCCCc1cnc(N)c(-c2ccc(C(=O)OC)cc2)n1. The number of aryl methyl sites for hydroxylation is 1. The Hall–Kier alpha value is -5.20. The van der Waals surface area contributed by atoms with Gasteiger partial charge < -0.3 is 30.4 Å². The van der Waals surface area contributed by atoms with Gasteiger partial charge >= 0.3 is 11.9 Å². The lowest BCUT2D eigenvalue weighted by Gasteiger charge is -2.08. The minimum atomic E-state index is -0.387. The van der Waals surface area contributed by atoms with Crippen molar-refractivity contribution in [2.45, 2.75) is 12.8 Å². The van der Waals surface area contributed by atoms with E-state index in [1.165, 1.54) is 14.2 Å². The molecular formula is C32H36N6O6. The fourth-order valence-electron chi connectivity index (χ4n) is 3.90. The van der Waals surface area contributed by atoms with Gasteiger partial charge in [-0.15, -0.1) is 0 Å². The monoisotopic (exact) mass is 600 g/mol. The minimum absolute atomic E-state index is 0.328. The van der Waals surface area contributed by atoms with E-state index >= 15 is 0 Å². The average molecular weight is 601 g/mol. The molecule has 0 fully saturated rings. The van der Waals surface area contributed by atoms with Crippen LogP contribution in [0, 0.1) is 0 Å². The Bertz CT molecular complexity index is 1560. The summed E-state index contributed by atoms with van der Waals surface area (Å²) in [6.07, 6.45) is 8.56. The highest BCUT2D eigenvalue weighted by molar-refractivity contribution is 5.90. The molecule has 4 N–H and O–H groups in total. The second kappa shape index (κ2) is 17.0. The molecule has 44 heavy (non-hydrogen) atoms. The van der Waals surface area contributed by atoms with E-state index in [0.717, 1.165) is 29.7 Å². The number of nitrogen functional groups attached to an aromatic ring is 2. The Morgan fingerprint density at radius 3 is 1.75 bits per heavy atom. The summed E-state index contributed by atoms with van der Waals surface area (Å²) in [6, 6.07) is 13.8. The third kappa shape index (κ3) is 9.41. The maximum atomic E-state index is 11.4. The first-order chi connectivity index (χ1) is 21.3. The predicted molar refractivity (Wildman–Crippen MR) is 168 cm³/mol. The number of methoxy groups -OCH3 is 4. The molecular weight excluding hydrogens is 564 g/mol. The van der Waals surface area contributed by atoms with Crippen molar-refractivity contribution < 1.29 is 28.5 Å². The third-order valence-corrected chi connectivity index (χ3v) is 6.16. The summed E-state index contributed by atoms with van der Waals surface area (Å²) in [6.45, 7) is 1.17. The second-order valence-electron chi connectivity index (χ2n) is 9.22. The van der Waals surface area contributed by atoms with Gasteiger partial charge in [-0.05, 0) is 43.2 Å². The lowest BCUT2D eigenvalue weighted by atomic mass is 10.1. The molecule has 2 aromatic heterocycles. The van der Waals surface area contributed by atoms with E-state index in [-0.39, 0.29) is 11.9 Å². The maximum Gasteiger partial charge on any atom is 0.337 e. The largest absolute Gasteiger partial charge is 0.465 e. The Morgan fingerprint density at radius 1 is 0.727 bits per heavy atom. The molecule has 230 valence electrons. The molecule has 0 atom stereocenters. The molecule has 0 amide bonds. The Kier molecular flexibility index (Phi) is 12.9. The number of anilines is 2. The molecule has 12 nitrogen and oxygen atoms in total. The lowest BCUT2D eigenvalue weighted by molar-refractivity contribution is 0.0592. The lowest BCUT2D eigenvalue weighted by Crippen LogP contribution is -2.03. The molecule has 0 radical (unpaired) electrons. The van der Waals surface area contributed by atoms with E-state index in [1.807, 2.05) is 12.2 Å². The fourth-order valence-corrected chi connectivity index (χ4v) is 3.90. The van der Waals surface area contributed by atoms with E-state index in [1.54, 1.807) is 75.1 Å². The number of carbonyl (C=O) groups is 2. The van der Waals surface area contributed by atoms with E-state index in [0.29, 0.717) is 53.1 Å². The standard InChI is InChI=1S/C16H19N3O3.C16H17N3O3/c2*1-21-9-3-4-13-10-18-15(17)14(19-13)11-5-7-12(8-6-11)16(20)22-2/h5-8,10H,3-4,9H2,1-2H3,(H2,17,18);3-8,10H,9H2,1-2H3,(H2,17,18)/b;4-3+. The Morgan fingerprint density at radius 2 is 1.25 bits per heavy atom. The molecule has 0 unspecified atom stereocenters. The number of rotatable bonds is 11. The van der Waals surface area contributed by atoms with Gasteiger partial charge in [0.15, 0.2) is 0 Å². The molecule has 0 bridgehead atoms. The van der Waals surface area contributed by atoms with Crippen LogP contribution in [0.25, 0.3) is 28.6 Å². The molecule has 12 heteroatoms. The molecule has 2 aromatic carbocycles. The maximum absolute atomic E-state index is 11.4. The van der Waals surface area contributed by atoms with Gasteiger partial charge in [0.2, 0.25) is 0 Å². The zero-order chi connectivity index (χ0) is 31.9. The summed E-state index contributed by atoms with van der Waals surface area (Å²) in [5.74, 6) is -0.0724. The highest BCUT2D eigenvalue weighted by atomic mass is 16.5. The molecule has 0 aliphatic rings. The van der Waals surface area contributed by atoms with Gasteiger partial charge in [0, 0.05) is 32.0 Å². The van der Waals surface area contributed by atoms with Gasteiger partial charge in [-0.2, -0.15) is 0 Å².